The number of amides is 2. The van der Waals surface area contributed by atoms with Gasteiger partial charge in [0.1, 0.15) is 6.54 Å². The van der Waals surface area contributed by atoms with Crippen LogP contribution in [-0.2, 0) is 29.2 Å². The van der Waals surface area contributed by atoms with Crippen LogP contribution in [0.5, 0.6) is 0 Å². The van der Waals surface area contributed by atoms with Gasteiger partial charge in [-0.1, -0.05) is 23.7 Å². The molecule has 1 N–H and O–H groups in total. The summed E-state index contributed by atoms with van der Waals surface area (Å²) in [7, 11) is 0. The Hall–Kier alpha value is -3.43. The molecule has 6 rings (SSSR count). The molecule has 2 amide bonds. The lowest BCUT2D eigenvalue weighted by Gasteiger charge is -2.30. The van der Waals surface area contributed by atoms with E-state index in [-0.39, 0.29) is 24.4 Å². The second-order valence-electron chi connectivity index (χ2n) is 9.46. The van der Waals surface area contributed by atoms with Crippen LogP contribution in [0.2, 0.25) is 5.02 Å². The fourth-order valence-corrected chi connectivity index (χ4v) is 5.29. The number of hydrogen-bond donors (Lipinski definition) is 1. The van der Waals surface area contributed by atoms with Crippen molar-refractivity contribution >= 4 is 29.4 Å². The van der Waals surface area contributed by atoms with Crippen LogP contribution in [-0.4, -0.2) is 68.5 Å². The van der Waals surface area contributed by atoms with Gasteiger partial charge < -0.3 is 24.4 Å². The second-order valence-corrected chi connectivity index (χ2v) is 9.87. The number of halogens is 1. The smallest absolute Gasteiger partial charge is 0.254 e. The maximum Gasteiger partial charge on any atom is 0.254 e. The van der Waals surface area contributed by atoms with E-state index < -0.39 is 0 Å². The standard InChI is InChI=1S/C26H27ClN6O3/c27-22-13-28-26(29-19-5-10-36-11-6-19)30-24(22)17-3-4-18-14-33(25(35)21(18)12-17)16-23(34)32-9-8-31-7-1-2-20(31)15-32/h1-4,7,12-13,19H,5-6,8-11,14-16H2,(H,28,29,30). The first-order valence-corrected chi connectivity index (χ1v) is 12.6. The van der Waals surface area contributed by atoms with Gasteiger partial charge in [0.05, 0.1) is 23.5 Å². The number of aromatic nitrogens is 3. The van der Waals surface area contributed by atoms with Crippen molar-refractivity contribution in [3.8, 4) is 11.3 Å². The van der Waals surface area contributed by atoms with Gasteiger partial charge in [0, 0.05) is 61.9 Å². The summed E-state index contributed by atoms with van der Waals surface area (Å²) in [6, 6.07) is 9.94. The molecule has 3 aliphatic heterocycles. The van der Waals surface area contributed by atoms with Crippen LogP contribution in [0.4, 0.5) is 5.95 Å². The van der Waals surface area contributed by atoms with Gasteiger partial charge in [0.15, 0.2) is 0 Å². The Balaban J connectivity index is 1.16. The molecule has 0 aliphatic carbocycles. The molecule has 1 fully saturated rings. The van der Waals surface area contributed by atoms with Crippen LogP contribution in [0.25, 0.3) is 11.3 Å². The highest BCUT2D eigenvalue weighted by Gasteiger charge is 2.31. The molecule has 0 saturated carbocycles. The molecule has 5 heterocycles. The van der Waals surface area contributed by atoms with Crippen molar-refractivity contribution in [1.29, 1.82) is 0 Å². The summed E-state index contributed by atoms with van der Waals surface area (Å²) in [6.07, 6.45) is 5.41. The van der Waals surface area contributed by atoms with Crippen molar-refractivity contribution in [2.75, 3.05) is 31.6 Å². The number of benzene rings is 1. The summed E-state index contributed by atoms with van der Waals surface area (Å²) in [5, 5.41) is 3.78. The zero-order valence-electron chi connectivity index (χ0n) is 19.8. The monoisotopic (exact) mass is 506 g/mol. The minimum Gasteiger partial charge on any atom is -0.381 e. The van der Waals surface area contributed by atoms with Crippen LogP contribution in [0.3, 0.4) is 0 Å². The van der Waals surface area contributed by atoms with Crippen molar-refractivity contribution < 1.29 is 14.3 Å². The van der Waals surface area contributed by atoms with Crippen molar-refractivity contribution in [3.63, 3.8) is 0 Å². The molecule has 3 aliphatic rings. The summed E-state index contributed by atoms with van der Waals surface area (Å²) < 4.78 is 7.58. The number of fused-ring (bicyclic) bond motifs is 2. The van der Waals surface area contributed by atoms with E-state index in [1.54, 1.807) is 11.1 Å². The average Bonchev–Trinajstić information content (AvgIpc) is 3.49. The number of nitrogens with zero attached hydrogens (tertiary/aromatic N) is 5. The molecule has 2 aromatic heterocycles. The van der Waals surface area contributed by atoms with E-state index in [0.717, 1.165) is 49.4 Å². The van der Waals surface area contributed by atoms with Gasteiger partial charge in [-0.15, -0.1) is 0 Å². The van der Waals surface area contributed by atoms with Crippen LogP contribution >= 0.6 is 11.6 Å². The predicted molar refractivity (Wildman–Crippen MR) is 135 cm³/mol. The zero-order chi connectivity index (χ0) is 24.6. The number of carbonyl (C=O) groups excluding carboxylic acids is 2. The predicted octanol–water partition coefficient (Wildman–Crippen LogP) is 3.19. The van der Waals surface area contributed by atoms with E-state index in [0.29, 0.717) is 41.9 Å². The Morgan fingerprint density at radius 3 is 2.89 bits per heavy atom. The van der Waals surface area contributed by atoms with Crippen molar-refractivity contribution in [2.24, 2.45) is 0 Å². The van der Waals surface area contributed by atoms with Gasteiger partial charge in [-0.3, -0.25) is 9.59 Å². The van der Waals surface area contributed by atoms with Gasteiger partial charge >= 0.3 is 0 Å². The third-order valence-corrected chi connectivity index (χ3v) is 7.40. The molecule has 0 bridgehead atoms. The molecule has 1 saturated heterocycles. The Labute approximate surface area is 214 Å². The largest absolute Gasteiger partial charge is 0.381 e. The molecule has 9 nitrogen and oxygen atoms in total. The number of hydrogen-bond acceptors (Lipinski definition) is 6. The molecule has 10 heteroatoms. The summed E-state index contributed by atoms with van der Waals surface area (Å²) in [6.45, 7) is 3.91. The molecular formula is C26H27ClN6O3. The van der Waals surface area contributed by atoms with Gasteiger partial charge in [0.2, 0.25) is 11.9 Å². The van der Waals surface area contributed by atoms with Gasteiger partial charge in [-0.05, 0) is 36.6 Å². The SMILES string of the molecule is O=C(CN1Cc2ccc(-c3nc(NC4CCOCC4)ncc3Cl)cc2C1=O)N1CCn2cccc2C1. The topological polar surface area (TPSA) is 92.6 Å². The average molecular weight is 507 g/mol. The molecule has 1 aromatic carbocycles. The molecule has 3 aromatic rings. The highest BCUT2D eigenvalue weighted by molar-refractivity contribution is 6.33. The molecule has 0 atom stereocenters. The molecule has 0 unspecified atom stereocenters. The summed E-state index contributed by atoms with van der Waals surface area (Å²) >= 11 is 6.45. The summed E-state index contributed by atoms with van der Waals surface area (Å²) in [5.41, 5.74) is 3.91. The normalized spacial score (nSPS) is 17.8. The van der Waals surface area contributed by atoms with Crippen LogP contribution in [0.15, 0.2) is 42.7 Å². The Morgan fingerprint density at radius 2 is 2.03 bits per heavy atom. The van der Waals surface area contributed by atoms with Crippen LogP contribution in [0.1, 0.15) is 34.5 Å². The van der Waals surface area contributed by atoms with Crippen LogP contribution in [0, 0.1) is 0 Å². The first-order chi connectivity index (χ1) is 17.5. The molecule has 0 radical (unpaired) electrons. The highest BCUT2D eigenvalue weighted by atomic mass is 35.5. The minimum absolute atomic E-state index is 0.0356. The van der Waals surface area contributed by atoms with E-state index in [2.05, 4.69) is 19.9 Å². The zero-order valence-corrected chi connectivity index (χ0v) is 20.6. The Morgan fingerprint density at radius 1 is 1.17 bits per heavy atom. The van der Waals surface area contributed by atoms with E-state index in [9.17, 15) is 9.59 Å². The van der Waals surface area contributed by atoms with E-state index in [1.807, 2.05) is 41.4 Å². The van der Waals surface area contributed by atoms with Gasteiger partial charge in [-0.25, -0.2) is 9.97 Å². The molecular weight excluding hydrogens is 480 g/mol. The summed E-state index contributed by atoms with van der Waals surface area (Å²) in [4.78, 5) is 38.6. The lowest BCUT2D eigenvalue weighted by atomic mass is 10.0. The second kappa shape index (κ2) is 9.55. The number of nitrogens with one attached hydrogen (secondary N) is 1. The first kappa shape index (κ1) is 23.0. The maximum atomic E-state index is 13.2. The Kier molecular flexibility index (Phi) is 6.10. The minimum atomic E-state index is -0.147. The quantitative estimate of drug-likeness (QED) is 0.571. The third-order valence-electron chi connectivity index (χ3n) is 7.13. The lowest BCUT2D eigenvalue weighted by molar-refractivity contribution is -0.133. The van der Waals surface area contributed by atoms with Crippen molar-refractivity contribution in [2.45, 2.75) is 38.5 Å². The highest BCUT2D eigenvalue weighted by Crippen LogP contribution is 2.32. The molecule has 186 valence electrons. The fraction of sp³-hybridized carbons (Fsp3) is 0.385. The van der Waals surface area contributed by atoms with Crippen molar-refractivity contribution in [3.05, 3.63) is 64.6 Å². The van der Waals surface area contributed by atoms with E-state index in [4.69, 9.17) is 16.3 Å². The van der Waals surface area contributed by atoms with Crippen molar-refractivity contribution in [1.82, 2.24) is 24.3 Å². The molecule has 36 heavy (non-hydrogen) atoms. The third kappa shape index (κ3) is 4.44. The number of carbonyl (C=O) groups is 2. The summed E-state index contributed by atoms with van der Waals surface area (Å²) in [5.74, 6) is 0.325. The number of ether oxygens (including phenoxy) is 1. The van der Waals surface area contributed by atoms with Gasteiger partial charge in [0.25, 0.3) is 5.91 Å². The molecule has 0 spiro atoms. The van der Waals surface area contributed by atoms with E-state index in [1.165, 1.54) is 0 Å². The Bertz CT molecular complexity index is 1320. The fourth-order valence-electron chi connectivity index (χ4n) is 5.09. The number of rotatable bonds is 5. The van der Waals surface area contributed by atoms with Crippen LogP contribution < -0.4 is 5.32 Å². The van der Waals surface area contributed by atoms with Gasteiger partial charge in [-0.2, -0.15) is 0 Å². The van der Waals surface area contributed by atoms with E-state index >= 15 is 0 Å². The number of anilines is 1. The lowest BCUT2D eigenvalue weighted by Crippen LogP contribution is -2.43. The first-order valence-electron chi connectivity index (χ1n) is 12.3. The maximum absolute atomic E-state index is 13.2.